The average molecular weight is 316 g/mol. The van der Waals surface area contributed by atoms with Gasteiger partial charge in [-0.3, -0.25) is 0 Å². The quantitative estimate of drug-likeness (QED) is 0.571. The Morgan fingerprint density at radius 1 is 1.26 bits per heavy atom. The van der Waals surface area contributed by atoms with Crippen LogP contribution in [0.2, 0.25) is 0 Å². The van der Waals surface area contributed by atoms with Gasteiger partial charge < -0.3 is 10.6 Å². The highest BCUT2D eigenvalue weighted by Gasteiger charge is 2.03. The lowest BCUT2D eigenvalue weighted by molar-refractivity contribution is 0.608. The molecule has 1 aromatic carbocycles. The largest absolute Gasteiger partial charge is 0.390 e. The van der Waals surface area contributed by atoms with Crippen molar-refractivity contribution in [1.29, 1.82) is 0 Å². The first-order valence-corrected chi connectivity index (χ1v) is 7.51. The van der Waals surface area contributed by atoms with Gasteiger partial charge in [0, 0.05) is 31.2 Å². The Balaban J connectivity index is 2.40. The van der Waals surface area contributed by atoms with Gasteiger partial charge in [-0.1, -0.05) is 18.7 Å². The van der Waals surface area contributed by atoms with Gasteiger partial charge in [-0.25, -0.2) is 14.4 Å². The minimum Gasteiger partial charge on any atom is -0.390 e. The molecule has 0 aliphatic rings. The Morgan fingerprint density at radius 3 is 2.52 bits per heavy atom. The number of aliphatic imine (C=N–C) groups is 2. The number of hydrogen-bond acceptors (Lipinski definition) is 3. The molecule has 0 saturated heterocycles. The van der Waals surface area contributed by atoms with Crippen LogP contribution in [0, 0.1) is 19.7 Å². The molecule has 0 spiro atoms. The molecule has 0 aliphatic heterocycles. The van der Waals surface area contributed by atoms with Crippen LogP contribution in [-0.2, 0) is 6.42 Å². The van der Waals surface area contributed by atoms with Gasteiger partial charge in [-0.2, -0.15) is 0 Å². The fraction of sp³-hybridized carbons (Fsp3) is 0.333. The highest BCUT2D eigenvalue weighted by atomic mass is 19.1. The lowest BCUT2D eigenvalue weighted by Crippen LogP contribution is -2.17. The molecule has 1 aromatic rings. The SMILES string of the molecule is C=C(C=NC=N/C=C(\C)NC)NCCc1cc(C)c(F)c(C)c1. The van der Waals surface area contributed by atoms with Gasteiger partial charge in [0.2, 0.25) is 0 Å². The Hall–Kier alpha value is -2.43. The van der Waals surface area contributed by atoms with Gasteiger partial charge in [0.05, 0.1) is 6.21 Å². The molecule has 2 N–H and O–H groups in total. The van der Waals surface area contributed by atoms with Gasteiger partial charge in [-0.05, 0) is 43.9 Å². The van der Waals surface area contributed by atoms with Crippen molar-refractivity contribution in [2.75, 3.05) is 13.6 Å². The molecule has 0 aromatic heterocycles. The van der Waals surface area contributed by atoms with E-state index in [0.29, 0.717) is 23.4 Å². The van der Waals surface area contributed by atoms with E-state index in [1.165, 1.54) is 6.34 Å². The van der Waals surface area contributed by atoms with E-state index < -0.39 is 0 Å². The van der Waals surface area contributed by atoms with Crippen molar-refractivity contribution < 1.29 is 4.39 Å². The Morgan fingerprint density at radius 2 is 1.91 bits per heavy atom. The van der Waals surface area contributed by atoms with Crippen LogP contribution >= 0.6 is 0 Å². The molecule has 0 bridgehead atoms. The highest BCUT2D eigenvalue weighted by Crippen LogP contribution is 2.14. The Kier molecular flexibility index (Phi) is 7.74. The van der Waals surface area contributed by atoms with Crippen LogP contribution in [0.25, 0.3) is 0 Å². The Bertz CT molecular complexity index is 607. The van der Waals surface area contributed by atoms with Crippen molar-refractivity contribution in [3.63, 3.8) is 0 Å². The van der Waals surface area contributed by atoms with Crippen LogP contribution in [-0.4, -0.2) is 26.1 Å². The van der Waals surface area contributed by atoms with E-state index >= 15 is 0 Å². The van der Waals surface area contributed by atoms with Crippen LogP contribution in [0.1, 0.15) is 23.6 Å². The fourth-order valence-corrected chi connectivity index (χ4v) is 1.96. The number of hydrogen-bond donors (Lipinski definition) is 2. The number of benzene rings is 1. The molecule has 0 unspecified atom stereocenters. The summed E-state index contributed by atoms with van der Waals surface area (Å²) in [6, 6.07) is 3.76. The van der Waals surface area contributed by atoms with Crippen molar-refractivity contribution in [3.8, 4) is 0 Å². The van der Waals surface area contributed by atoms with Crippen molar-refractivity contribution in [3.05, 3.63) is 58.8 Å². The van der Waals surface area contributed by atoms with E-state index in [4.69, 9.17) is 0 Å². The summed E-state index contributed by atoms with van der Waals surface area (Å²) in [4.78, 5) is 8.06. The molecule has 0 radical (unpaired) electrons. The molecule has 0 atom stereocenters. The number of aryl methyl sites for hydroxylation is 2. The van der Waals surface area contributed by atoms with Gasteiger partial charge in [-0.15, -0.1) is 0 Å². The van der Waals surface area contributed by atoms with Crippen molar-refractivity contribution in [2.45, 2.75) is 27.2 Å². The first kappa shape index (κ1) is 18.6. The lowest BCUT2D eigenvalue weighted by Gasteiger charge is -2.08. The molecule has 1 rings (SSSR count). The zero-order chi connectivity index (χ0) is 17.2. The second-order valence-corrected chi connectivity index (χ2v) is 5.35. The maximum atomic E-state index is 13.6. The van der Waals surface area contributed by atoms with Crippen LogP contribution in [0.5, 0.6) is 0 Å². The molecule has 0 saturated carbocycles. The van der Waals surface area contributed by atoms with Crippen molar-refractivity contribution in [2.24, 2.45) is 9.98 Å². The summed E-state index contributed by atoms with van der Waals surface area (Å²) in [5, 5.41) is 6.13. The zero-order valence-electron chi connectivity index (χ0n) is 14.3. The van der Waals surface area contributed by atoms with Gasteiger partial charge in [0.25, 0.3) is 0 Å². The topological polar surface area (TPSA) is 48.8 Å². The number of rotatable bonds is 8. The summed E-state index contributed by atoms with van der Waals surface area (Å²) in [7, 11) is 1.83. The standard InChI is InChI=1S/C18H25FN4/c1-13-8-17(9-14(2)18(13)19)6-7-23-16(4)11-22-12-21-10-15(3)20-5/h8-12,20,23H,4,6-7H2,1-3,5H3/b15-10+,21-12?,22-11?. The van der Waals surface area contributed by atoms with Crippen LogP contribution < -0.4 is 10.6 Å². The molecular weight excluding hydrogens is 291 g/mol. The summed E-state index contributed by atoms with van der Waals surface area (Å²) < 4.78 is 13.6. The van der Waals surface area contributed by atoms with E-state index in [9.17, 15) is 4.39 Å². The minimum absolute atomic E-state index is 0.125. The van der Waals surface area contributed by atoms with Gasteiger partial charge >= 0.3 is 0 Å². The third kappa shape index (κ3) is 6.91. The van der Waals surface area contributed by atoms with Gasteiger partial charge in [0.15, 0.2) is 0 Å². The molecule has 4 nitrogen and oxygen atoms in total. The maximum Gasteiger partial charge on any atom is 0.129 e. The summed E-state index contributed by atoms with van der Waals surface area (Å²) in [5.74, 6) is -0.125. The first-order chi connectivity index (χ1) is 10.9. The molecule has 5 heteroatoms. The van der Waals surface area contributed by atoms with Gasteiger partial charge in [0.1, 0.15) is 12.2 Å². The molecule has 0 amide bonds. The molecule has 0 heterocycles. The fourth-order valence-electron chi connectivity index (χ4n) is 1.96. The average Bonchev–Trinajstić information content (AvgIpc) is 2.51. The molecule has 23 heavy (non-hydrogen) atoms. The first-order valence-electron chi connectivity index (χ1n) is 7.51. The second-order valence-electron chi connectivity index (χ2n) is 5.35. The van der Waals surface area contributed by atoms with Crippen molar-refractivity contribution >= 4 is 12.6 Å². The third-order valence-corrected chi connectivity index (χ3v) is 3.29. The molecule has 0 aliphatic carbocycles. The van der Waals surface area contributed by atoms with E-state index in [0.717, 1.165) is 17.7 Å². The van der Waals surface area contributed by atoms with Crippen LogP contribution in [0.3, 0.4) is 0 Å². The van der Waals surface area contributed by atoms with E-state index in [1.807, 2.05) is 26.1 Å². The predicted molar refractivity (Wildman–Crippen MR) is 96.5 cm³/mol. The third-order valence-electron chi connectivity index (χ3n) is 3.29. The normalized spacial score (nSPS) is 12.1. The highest BCUT2D eigenvalue weighted by molar-refractivity contribution is 5.83. The van der Waals surface area contributed by atoms with E-state index in [2.05, 4.69) is 27.2 Å². The molecular formula is C18H25FN4. The predicted octanol–water partition coefficient (Wildman–Crippen LogP) is 3.27. The molecule has 0 fully saturated rings. The second kappa shape index (κ2) is 9.56. The summed E-state index contributed by atoms with van der Waals surface area (Å²) in [6.45, 7) is 10.1. The summed E-state index contributed by atoms with van der Waals surface area (Å²) in [5.41, 5.74) is 4.13. The summed E-state index contributed by atoms with van der Waals surface area (Å²) in [6.07, 6.45) is 5.56. The molecule has 124 valence electrons. The van der Waals surface area contributed by atoms with Crippen molar-refractivity contribution in [1.82, 2.24) is 10.6 Å². The minimum atomic E-state index is -0.125. The van der Waals surface area contributed by atoms with E-state index in [1.54, 1.807) is 26.3 Å². The van der Waals surface area contributed by atoms with Crippen LogP contribution in [0.4, 0.5) is 4.39 Å². The Labute approximate surface area is 137 Å². The zero-order valence-corrected chi connectivity index (χ0v) is 14.3. The summed E-state index contributed by atoms with van der Waals surface area (Å²) >= 11 is 0. The smallest absolute Gasteiger partial charge is 0.129 e. The van der Waals surface area contributed by atoms with E-state index in [-0.39, 0.29) is 5.82 Å². The number of nitrogens with zero attached hydrogens (tertiary/aromatic N) is 2. The van der Waals surface area contributed by atoms with Crippen LogP contribution in [0.15, 0.2) is 46.3 Å². The number of halogens is 1. The number of nitrogens with one attached hydrogen (secondary N) is 2. The monoisotopic (exact) mass is 316 g/mol. The lowest BCUT2D eigenvalue weighted by atomic mass is 10.0. The maximum absolute atomic E-state index is 13.6. The number of allylic oxidation sites excluding steroid dienone is 2.